The molecular formula is C15H25N5OS. The highest BCUT2D eigenvalue weighted by Crippen LogP contribution is 2.25. The van der Waals surface area contributed by atoms with Gasteiger partial charge in [0.1, 0.15) is 0 Å². The Kier molecular flexibility index (Phi) is 4.13. The van der Waals surface area contributed by atoms with Crippen LogP contribution < -0.4 is 4.90 Å². The first-order chi connectivity index (χ1) is 10.3. The first-order valence-electron chi connectivity index (χ1n) is 7.81. The summed E-state index contributed by atoms with van der Waals surface area (Å²) in [6, 6.07) is 0. The third kappa shape index (κ3) is 3.26. The van der Waals surface area contributed by atoms with E-state index in [1.54, 1.807) is 11.3 Å². The van der Waals surface area contributed by atoms with Crippen molar-refractivity contribution in [3.63, 3.8) is 0 Å². The number of aliphatic hydroxyl groups is 1. The number of fused-ring (bicyclic) bond motifs is 1. The average molecular weight is 323 g/mol. The Balaban J connectivity index is 1.58. The minimum absolute atomic E-state index is 0.0599. The zero-order chi connectivity index (χ0) is 15.9. The Hall–Kier alpha value is -1.18. The van der Waals surface area contributed by atoms with E-state index in [0.717, 1.165) is 48.5 Å². The molecule has 3 heterocycles. The summed E-state index contributed by atoms with van der Waals surface area (Å²) < 4.78 is 1.87. The maximum absolute atomic E-state index is 10.2. The van der Waals surface area contributed by atoms with Crippen molar-refractivity contribution < 1.29 is 5.11 Å². The SMILES string of the molecule is Cc1cn2nc(N3CCN(C[C@@H](O)C(C)(C)C)CC3)sc2n1. The molecule has 122 valence electrons. The monoisotopic (exact) mass is 323 g/mol. The van der Waals surface area contributed by atoms with Gasteiger partial charge >= 0.3 is 0 Å². The van der Waals surface area contributed by atoms with Gasteiger partial charge in [-0.25, -0.2) is 9.50 Å². The molecule has 0 saturated carbocycles. The van der Waals surface area contributed by atoms with Gasteiger partial charge in [0.2, 0.25) is 10.1 Å². The molecule has 3 rings (SSSR count). The molecule has 7 heteroatoms. The summed E-state index contributed by atoms with van der Waals surface area (Å²) in [6.45, 7) is 12.8. The third-order valence-electron chi connectivity index (χ3n) is 4.23. The van der Waals surface area contributed by atoms with Gasteiger partial charge < -0.3 is 10.0 Å². The van der Waals surface area contributed by atoms with E-state index in [2.05, 4.69) is 40.7 Å². The number of aryl methyl sites for hydroxylation is 1. The zero-order valence-electron chi connectivity index (χ0n) is 13.8. The van der Waals surface area contributed by atoms with Gasteiger partial charge in [-0.05, 0) is 12.3 Å². The zero-order valence-corrected chi connectivity index (χ0v) is 14.6. The van der Waals surface area contributed by atoms with Crippen molar-refractivity contribution in [3.8, 4) is 0 Å². The van der Waals surface area contributed by atoms with E-state index in [1.165, 1.54) is 0 Å². The number of hydrogen-bond acceptors (Lipinski definition) is 6. The van der Waals surface area contributed by atoms with Crippen LogP contribution in [-0.4, -0.2) is 63.4 Å². The highest BCUT2D eigenvalue weighted by Gasteiger charge is 2.27. The number of aliphatic hydroxyl groups excluding tert-OH is 1. The molecule has 22 heavy (non-hydrogen) atoms. The van der Waals surface area contributed by atoms with Crippen LogP contribution in [0.15, 0.2) is 6.20 Å². The first kappa shape index (κ1) is 15.7. The normalized spacial score (nSPS) is 19.0. The van der Waals surface area contributed by atoms with Crippen LogP contribution in [0.1, 0.15) is 26.5 Å². The van der Waals surface area contributed by atoms with Crippen molar-refractivity contribution >= 4 is 21.4 Å². The van der Waals surface area contributed by atoms with E-state index in [0.29, 0.717) is 0 Å². The van der Waals surface area contributed by atoms with Crippen LogP contribution in [0, 0.1) is 12.3 Å². The van der Waals surface area contributed by atoms with Crippen molar-refractivity contribution in [2.75, 3.05) is 37.6 Å². The molecule has 0 spiro atoms. The van der Waals surface area contributed by atoms with E-state index in [-0.39, 0.29) is 11.5 Å². The maximum atomic E-state index is 10.2. The van der Waals surface area contributed by atoms with Crippen LogP contribution in [0.25, 0.3) is 4.96 Å². The molecule has 1 aliphatic rings. The highest BCUT2D eigenvalue weighted by atomic mass is 32.1. The lowest BCUT2D eigenvalue weighted by Crippen LogP contribution is -2.50. The Morgan fingerprint density at radius 3 is 2.55 bits per heavy atom. The van der Waals surface area contributed by atoms with Crippen LogP contribution in [0.3, 0.4) is 0 Å². The minimum atomic E-state index is -0.287. The number of hydrogen-bond donors (Lipinski definition) is 1. The molecule has 1 fully saturated rings. The largest absolute Gasteiger partial charge is 0.391 e. The molecule has 0 aliphatic carbocycles. The van der Waals surface area contributed by atoms with Gasteiger partial charge in [0, 0.05) is 32.7 Å². The summed E-state index contributed by atoms with van der Waals surface area (Å²) in [6.07, 6.45) is 1.68. The molecule has 2 aromatic heterocycles. The lowest BCUT2D eigenvalue weighted by atomic mass is 9.89. The molecule has 0 amide bonds. The Labute approximate surface area is 135 Å². The second kappa shape index (κ2) is 5.79. The smallest absolute Gasteiger partial charge is 0.214 e. The van der Waals surface area contributed by atoms with Crippen molar-refractivity contribution in [3.05, 3.63) is 11.9 Å². The predicted molar refractivity (Wildman–Crippen MR) is 89.7 cm³/mol. The van der Waals surface area contributed by atoms with Gasteiger partial charge in [0.25, 0.3) is 0 Å². The number of β-amino-alcohol motifs (C(OH)–C–C–N with tert-alkyl or cyclic N) is 1. The Morgan fingerprint density at radius 2 is 1.95 bits per heavy atom. The Morgan fingerprint density at radius 1 is 1.27 bits per heavy atom. The van der Waals surface area contributed by atoms with Crippen LogP contribution >= 0.6 is 11.3 Å². The standard InChI is InChI=1S/C15H25N5OS/c1-11-9-20-13(16-11)22-14(17-20)19-7-5-18(6-8-19)10-12(21)15(2,3)4/h9,12,21H,5-8,10H2,1-4H3/t12-/m1/s1. The summed E-state index contributed by atoms with van der Waals surface area (Å²) in [7, 11) is 0. The van der Waals surface area contributed by atoms with Gasteiger partial charge in [-0.2, -0.15) is 0 Å². The number of rotatable bonds is 3. The molecule has 0 radical (unpaired) electrons. The molecule has 1 aliphatic heterocycles. The lowest BCUT2D eigenvalue weighted by Gasteiger charge is -2.37. The van der Waals surface area contributed by atoms with Crippen LogP contribution in [0.4, 0.5) is 5.13 Å². The molecule has 1 atom stereocenters. The highest BCUT2D eigenvalue weighted by molar-refractivity contribution is 7.20. The van der Waals surface area contributed by atoms with Crippen LogP contribution in [-0.2, 0) is 0 Å². The number of aromatic nitrogens is 3. The fourth-order valence-electron chi connectivity index (χ4n) is 2.57. The molecule has 1 saturated heterocycles. The third-order valence-corrected chi connectivity index (χ3v) is 5.21. The summed E-state index contributed by atoms with van der Waals surface area (Å²) in [5.41, 5.74) is 0.946. The van der Waals surface area contributed by atoms with Gasteiger partial charge in [-0.3, -0.25) is 4.90 Å². The van der Waals surface area contributed by atoms with Crippen LogP contribution in [0.5, 0.6) is 0 Å². The van der Waals surface area contributed by atoms with Gasteiger partial charge in [0.15, 0.2) is 0 Å². The average Bonchev–Trinajstić information content (AvgIpc) is 2.95. The maximum Gasteiger partial charge on any atom is 0.214 e. The quantitative estimate of drug-likeness (QED) is 0.930. The second-order valence-electron chi connectivity index (χ2n) is 7.16. The van der Waals surface area contributed by atoms with Crippen LogP contribution in [0.2, 0.25) is 0 Å². The van der Waals surface area contributed by atoms with Crippen molar-refractivity contribution in [1.82, 2.24) is 19.5 Å². The molecule has 1 N–H and O–H groups in total. The first-order valence-corrected chi connectivity index (χ1v) is 8.63. The topological polar surface area (TPSA) is 56.9 Å². The molecule has 0 aromatic carbocycles. The fourth-order valence-corrected chi connectivity index (χ4v) is 3.55. The predicted octanol–water partition coefficient (Wildman–Crippen LogP) is 1.63. The number of imidazole rings is 1. The number of anilines is 1. The van der Waals surface area contributed by atoms with E-state index < -0.39 is 0 Å². The second-order valence-corrected chi connectivity index (χ2v) is 8.10. The van der Waals surface area contributed by atoms with Gasteiger partial charge in [-0.15, -0.1) is 5.10 Å². The molecule has 2 aromatic rings. The lowest BCUT2D eigenvalue weighted by molar-refractivity contribution is 0.0270. The number of piperazine rings is 1. The van der Waals surface area contributed by atoms with Gasteiger partial charge in [-0.1, -0.05) is 32.1 Å². The van der Waals surface area contributed by atoms with E-state index in [1.807, 2.05) is 17.6 Å². The summed E-state index contributed by atoms with van der Waals surface area (Å²) in [4.78, 5) is 10.1. The van der Waals surface area contributed by atoms with Crippen molar-refractivity contribution in [1.29, 1.82) is 0 Å². The van der Waals surface area contributed by atoms with Gasteiger partial charge in [0.05, 0.1) is 18.0 Å². The van der Waals surface area contributed by atoms with E-state index in [4.69, 9.17) is 0 Å². The summed E-state index contributed by atoms with van der Waals surface area (Å²) in [5, 5.41) is 15.9. The van der Waals surface area contributed by atoms with E-state index in [9.17, 15) is 5.11 Å². The Bertz CT molecular complexity index is 604. The molecule has 6 nitrogen and oxygen atoms in total. The van der Waals surface area contributed by atoms with Crippen molar-refractivity contribution in [2.24, 2.45) is 5.41 Å². The molecule has 0 bridgehead atoms. The fraction of sp³-hybridized carbons (Fsp3) is 0.733. The van der Waals surface area contributed by atoms with Crippen molar-refractivity contribution in [2.45, 2.75) is 33.8 Å². The van der Waals surface area contributed by atoms with E-state index >= 15 is 0 Å². The molecular weight excluding hydrogens is 298 g/mol. The molecule has 0 unspecified atom stereocenters. The summed E-state index contributed by atoms with van der Waals surface area (Å²) >= 11 is 1.64. The number of nitrogens with zero attached hydrogens (tertiary/aromatic N) is 5. The minimum Gasteiger partial charge on any atom is -0.391 e. The summed E-state index contributed by atoms with van der Waals surface area (Å²) in [5.74, 6) is 0.